The largest absolute Gasteiger partial charge is 0.256 e. The Hall–Kier alpha value is -1.70. The standard InChI is InChI=1S/C21H30N2/c1-6-8-11-15(3)22-21-16(4)20-18(12-9-7-2)13-10-14-19(20)23-17(21)5/h10,13-14H,6-9,11-12H2,1-5H3. The van der Waals surface area contributed by atoms with E-state index in [2.05, 4.69) is 52.8 Å². The lowest BCUT2D eigenvalue weighted by molar-refractivity contribution is 0.798. The fourth-order valence-electron chi connectivity index (χ4n) is 3.16. The smallest absolute Gasteiger partial charge is 0.0876 e. The molecular weight excluding hydrogens is 280 g/mol. The molecule has 1 heterocycles. The summed E-state index contributed by atoms with van der Waals surface area (Å²) in [5, 5.41) is 1.31. The van der Waals surface area contributed by atoms with Gasteiger partial charge in [-0.2, -0.15) is 0 Å². The summed E-state index contributed by atoms with van der Waals surface area (Å²) in [6.45, 7) is 10.9. The fourth-order valence-corrected chi connectivity index (χ4v) is 3.16. The molecular formula is C21H30N2. The van der Waals surface area contributed by atoms with Gasteiger partial charge in [0.25, 0.3) is 0 Å². The van der Waals surface area contributed by atoms with E-state index in [1.807, 2.05) is 0 Å². The molecule has 0 aliphatic heterocycles. The molecule has 2 rings (SSSR count). The lowest BCUT2D eigenvalue weighted by atomic mass is 9.98. The summed E-state index contributed by atoms with van der Waals surface area (Å²) < 4.78 is 0. The molecule has 2 nitrogen and oxygen atoms in total. The van der Waals surface area contributed by atoms with E-state index in [1.54, 1.807) is 0 Å². The van der Waals surface area contributed by atoms with E-state index in [9.17, 15) is 0 Å². The molecule has 2 aromatic rings. The Bertz CT molecular complexity index is 699. The third-order valence-corrected chi connectivity index (χ3v) is 4.48. The van der Waals surface area contributed by atoms with Crippen LogP contribution in [-0.2, 0) is 6.42 Å². The Morgan fingerprint density at radius 3 is 2.52 bits per heavy atom. The van der Waals surface area contributed by atoms with Crippen LogP contribution in [0.5, 0.6) is 0 Å². The number of rotatable bonds is 7. The normalized spacial score (nSPS) is 12.1. The van der Waals surface area contributed by atoms with Crippen LogP contribution in [0.15, 0.2) is 23.2 Å². The second-order valence-corrected chi connectivity index (χ2v) is 6.54. The van der Waals surface area contributed by atoms with Crippen molar-refractivity contribution in [1.29, 1.82) is 0 Å². The van der Waals surface area contributed by atoms with Crippen LogP contribution in [0.2, 0.25) is 0 Å². The first-order valence-corrected chi connectivity index (χ1v) is 9.01. The summed E-state index contributed by atoms with van der Waals surface area (Å²) in [6.07, 6.45) is 7.05. The summed E-state index contributed by atoms with van der Waals surface area (Å²) >= 11 is 0. The lowest BCUT2D eigenvalue weighted by Gasteiger charge is -2.13. The number of benzene rings is 1. The molecule has 2 heteroatoms. The van der Waals surface area contributed by atoms with Crippen molar-refractivity contribution in [3.63, 3.8) is 0 Å². The summed E-state index contributed by atoms with van der Waals surface area (Å²) in [6, 6.07) is 6.51. The second-order valence-electron chi connectivity index (χ2n) is 6.54. The van der Waals surface area contributed by atoms with E-state index in [0.717, 1.165) is 29.7 Å². The minimum atomic E-state index is 1.04. The molecule has 0 bridgehead atoms. The highest BCUT2D eigenvalue weighted by atomic mass is 14.8. The van der Waals surface area contributed by atoms with Crippen molar-refractivity contribution in [3.05, 3.63) is 35.0 Å². The van der Waals surface area contributed by atoms with Gasteiger partial charge in [0.15, 0.2) is 0 Å². The molecule has 0 aliphatic rings. The Labute approximate surface area is 141 Å². The van der Waals surface area contributed by atoms with Gasteiger partial charge >= 0.3 is 0 Å². The zero-order valence-electron chi connectivity index (χ0n) is 15.4. The van der Waals surface area contributed by atoms with Gasteiger partial charge < -0.3 is 0 Å². The van der Waals surface area contributed by atoms with Gasteiger partial charge in [0.2, 0.25) is 0 Å². The number of nitrogens with zero attached hydrogens (tertiary/aromatic N) is 2. The monoisotopic (exact) mass is 310 g/mol. The average Bonchev–Trinajstić information content (AvgIpc) is 2.54. The van der Waals surface area contributed by atoms with Crippen molar-refractivity contribution in [2.45, 2.75) is 73.1 Å². The van der Waals surface area contributed by atoms with Crippen LogP contribution in [-0.4, -0.2) is 10.7 Å². The van der Waals surface area contributed by atoms with Crippen molar-refractivity contribution in [2.75, 3.05) is 0 Å². The Morgan fingerprint density at radius 1 is 1.09 bits per heavy atom. The van der Waals surface area contributed by atoms with Crippen LogP contribution in [0.3, 0.4) is 0 Å². The van der Waals surface area contributed by atoms with Crippen molar-refractivity contribution < 1.29 is 0 Å². The summed E-state index contributed by atoms with van der Waals surface area (Å²) in [5.41, 5.74) is 7.14. The van der Waals surface area contributed by atoms with Crippen molar-refractivity contribution in [3.8, 4) is 0 Å². The first kappa shape index (κ1) is 17.7. The molecule has 124 valence electrons. The molecule has 1 aromatic carbocycles. The van der Waals surface area contributed by atoms with E-state index in [4.69, 9.17) is 9.98 Å². The van der Waals surface area contributed by atoms with Gasteiger partial charge in [0, 0.05) is 11.1 Å². The zero-order valence-corrected chi connectivity index (χ0v) is 15.4. The summed E-state index contributed by atoms with van der Waals surface area (Å²) in [5.74, 6) is 0. The zero-order chi connectivity index (χ0) is 16.8. The molecule has 0 amide bonds. The average molecular weight is 310 g/mol. The highest BCUT2D eigenvalue weighted by molar-refractivity contribution is 5.92. The first-order chi connectivity index (χ1) is 11.1. The number of aryl methyl sites for hydroxylation is 3. The topological polar surface area (TPSA) is 25.2 Å². The minimum Gasteiger partial charge on any atom is -0.256 e. The van der Waals surface area contributed by atoms with E-state index in [-0.39, 0.29) is 0 Å². The van der Waals surface area contributed by atoms with Crippen LogP contribution < -0.4 is 0 Å². The maximum atomic E-state index is 4.92. The maximum Gasteiger partial charge on any atom is 0.0876 e. The molecule has 0 aliphatic carbocycles. The van der Waals surface area contributed by atoms with Crippen LogP contribution in [0.4, 0.5) is 5.69 Å². The molecule has 23 heavy (non-hydrogen) atoms. The number of aliphatic imine (C=N–C) groups is 1. The number of fused-ring (bicyclic) bond motifs is 1. The van der Waals surface area contributed by atoms with E-state index in [0.29, 0.717) is 0 Å². The van der Waals surface area contributed by atoms with Gasteiger partial charge in [-0.3, -0.25) is 9.98 Å². The van der Waals surface area contributed by atoms with Gasteiger partial charge in [-0.05, 0) is 63.6 Å². The van der Waals surface area contributed by atoms with E-state index in [1.165, 1.54) is 47.9 Å². The van der Waals surface area contributed by atoms with Gasteiger partial charge in [-0.15, -0.1) is 0 Å². The van der Waals surface area contributed by atoms with E-state index < -0.39 is 0 Å². The summed E-state index contributed by atoms with van der Waals surface area (Å²) in [7, 11) is 0. The number of hydrogen-bond acceptors (Lipinski definition) is 2. The molecule has 0 spiro atoms. The van der Waals surface area contributed by atoms with Gasteiger partial charge in [-0.1, -0.05) is 38.8 Å². The van der Waals surface area contributed by atoms with Crippen LogP contribution in [0.25, 0.3) is 10.9 Å². The van der Waals surface area contributed by atoms with Crippen molar-refractivity contribution >= 4 is 22.3 Å². The van der Waals surface area contributed by atoms with E-state index >= 15 is 0 Å². The molecule has 0 atom stereocenters. The molecule has 0 saturated carbocycles. The molecule has 0 unspecified atom stereocenters. The predicted molar refractivity (Wildman–Crippen MR) is 102 cm³/mol. The third-order valence-electron chi connectivity index (χ3n) is 4.48. The third kappa shape index (κ3) is 4.19. The highest BCUT2D eigenvalue weighted by Crippen LogP contribution is 2.32. The molecule has 0 saturated heterocycles. The number of hydrogen-bond donors (Lipinski definition) is 0. The molecule has 0 N–H and O–H groups in total. The van der Waals surface area contributed by atoms with Crippen LogP contribution in [0.1, 0.15) is 69.7 Å². The van der Waals surface area contributed by atoms with Gasteiger partial charge in [0.05, 0.1) is 16.9 Å². The predicted octanol–water partition coefficient (Wildman–Crippen LogP) is 6.48. The van der Waals surface area contributed by atoms with Crippen LogP contribution >= 0.6 is 0 Å². The fraction of sp³-hybridized carbons (Fsp3) is 0.524. The molecule has 0 radical (unpaired) electrons. The lowest BCUT2D eigenvalue weighted by Crippen LogP contribution is -1.97. The maximum absolute atomic E-state index is 4.92. The Kier molecular flexibility index (Phi) is 6.32. The molecule has 1 aromatic heterocycles. The van der Waals surface area contributed by atoms with Crippen molar-refractivity contribution in [2.24, 2.45) is 4.99 Å². The Balaban J connectivity index is 2.53. The minimum absolute atomic E-state index is 1.04. The number of unbranched alkanes of at least 4 members (excludes halogenated alkanes) is 2. The first-order valence-electron chi connectivity index (χ1n) is 9.01. The summed E-state index contributed by atoms with van der Waals surface area (Å²) in [4.78, 5) is 9.75. The SMILES string of the molecule is CCCCC(C)=Nc1c(C)nc2cccc(CCCC)c2c1C. The Morgan fingerprint density at radius 2 is 1.83 bits per heavy atom. The van der Waals surface area contributed by atoms with Gasteiger partial charge in [-0.25, -0.2) is 0 Å². The van der Waals surface area contributed by atoms with Gasteiger partial charge in [0.1, 0.15) is 0 Å². The van der Waals surface area contributed by atoms with Crippen LogP contribution in [0, 0.1) is 13.8 Å². The highest BCUT2D eigenvalue weighted by Gasteiger charge is 2.12. The molecule has 0 fully saturated rings. The quantitative estimate of drug-likeness (QED) is 0.537. The number of pyridine rings is 1. The number of aromatic nitrogens is 1. The van der Waals surface area contributed by atoms with Crippen molar-refractivity contribution in [1.82, 2.24) is 4.98 Å². The second kappa shape index (κ2) is 8.24.